The Morgan fingerprint density at radius 1 is 1.28 bits per heavy atom. The molecule has 3 rings (SSSR count). The van der Waals surface area contributed by atoms with Crippen LogP contribution in [0.4, 0.5) is 5.69 Å². The number of hydrogen-bond acceptors (Lipinski definition) is 6. The fraction of sp³-hybridized carbons (Fsp3) is 0.579. The van der Waals surface area contributed by atoms with Gasteiger partial charge in [0, 0.05) is 39.3 Å². The van der Waals surface area contributed by atoms with Crippen LogP contribution < -0.4 is 10.1 Å². The highest BCUT2D eigenvalue weighted by Gasteiger charge is 2.32. The van der Waals surface area contributed by atoms with Crippen molar-refractivity contribution < 1.29 is 22.7 Å². The van der Waals surface area contributed by atoms with E-state index in [1.165, 1.54) is 13.1 Å². The van der Waals surface area contributed by atoms with Gasteiger partial charge in [-0.05, 0) is 32.0 Å². The smallest absolute Gasteiger partial charge is 0.265 e. The molecule has 1 aromatic carbocycles. The molecule has 0 unspecified atom stereocenters. The second-order valence-corrected chi connectivity index (χ2v) is 9.58. The van der Waals surface area contributed by atoms with E-state index in [2.05, 4.69) is 10.2 Å². The molecular weight excluding hydrogens is 396 g/mol. The van der Waals surface area contributed by atoms with E-state index >= 15 is 0 Å². The van der Waals surface area contributed by atoms with Crippen molar-refractivity contribution in [2.75, 3.05) is 52.1 Å². The molecule has 0 spiro atoms. The Labute approximate surface area is 171 Å². The number of amides is 2. The summed E-state index contributed by atoms with van der Waals surface area (Å²) in [6.07, 6.45) is -0.182. The number of hydrogen-bond donors (Lipinski definition) is 1. The average molecular weight is 425 g/mol. The molecule has 0 radical (unpaired) electrons. The SMILES string of the molecule is CC[C@H]1Oc2cc(S(=O)(=O)N(C)CC(=O)N3CCN(C)CC3)c(C)cc2NC1=O. The Bertz CT molecular complexity index is 909. The molecule has 1 fully saturated rings. The van der Waals surface area contributed by atoms with Crippen molar-refractivity contribution in [1.82, 2.24) is 14.1 Å². The van der Waals surface area contributed by atoms with Gasteiger partial charge in [0.1, 0.15) is 5.75 Å². The summed E-state index contributed by atoms with van der Waals surface area (Å²) in [5, 5.41) is 2.75. The number of sulfonamides is 1. The van der Waals surface area contributed by atoms with E-state index in [4.69, 9.17) is 4.74 Å². The lowest BCUT2D eigenvalue weighted by Crippen LogP contribution is -2.50. The highest BCUT2D eigenvalue weighted by molar-refractivity contribution is 7.89. The predicted molar refractivity (Wildman–Crippen MR) is 108 cm³/mol. The van der Waals surface area contributed by atoms with E-state index < -0.39 is 16.1 Å². The quantitative estimate of drug-likeness (QED) is 0.739. The Kier molecular flexibility index (Phi) is 6.16. The topological polar surface area (TPSA) is 99.3 Å². The van der Waals surface area contributed by atoms with E-state index in [0.29, 0.717) is 36.5 Å². The van der Waals surface area contributed by atoms with E-state index in [1.807, 2.05) is 14.0 Å². The van der Waals surface area contributed by atoms with Gasteiger partial charge in [0.2, 0.25) is 15.9 Å². The molecule has 2 aliphatic heterocycles. The highest BCUT2D eigenvalue weighted by atomic mass is 32.2. The summed E-state index contributed by atoms with van der Waals surface area (Å²) < 4.78 is 33.0. The van der Waals surface area contributed by atoms with Crippen LogP contribution in [0.25, 0.3) is 0 Å². The zero-order valence-corrected chi connectivity index (χ0v) is 18.1. The first-order valence-corrected chi connectivity index (χ1v) is 11.1. The first kappa shape index (κ1) is 21.5. The van der Waals surface area contributed by atoms with E-state index in [1.54, 1.807) is 17.9 Å². The van der Waals surface area contributed by atoms with Crippen molar-refractivity contribution in [2.45, 2.75) is 31.3 Å². The summed E-state index contributed by atoms with van der Waals surface area (Å²) in [4.78, 5) is 28.4. The van der Waals surface area contributed by atoms with Crippen LogP contribution in [0.5, 0.6) is 5.75 Å². The van der Waals surface area contributed by atoms with Crippen molar-refractivity contribution in [3.63, 3.8) is 0 Å². The number of carbonyl (C=O) groups excluding carboxylic acids is 2. The van der Waals surface area contributed by atoms with E-state index in [9.17, 15) is 18.0 Å². The van der Waals surface area contributed by atoms with Gasteiger partial charge in [0.15, 0.2) is 6.10 Å². The van der Waals surface area contributed by atoms with Crippen LogP contribution in [0, 0.1) is 6.92 Å². The van der Waals surface area contributed by atoms with Crippen molar-refractivity contribution in [3.05, 3.63) is 17.7 Å². The van der Waals surface area contributed by atoms with E-state index in [-0.39, 0.29) is 23.3 Å². The van der Waals surface area contributed by atoms with Gasteiger partial charge in [-0.15, -0.1) is 0 Å². The van der Waals surface area contributed by atoms with Crippen molar-refractivity contribution in [2.24, 2.45) is 0 Å². The van der Waals surface area contributed by atoms with Crippen LogP contribution in [-0.4, -0.2) is 87.3 Å². The highest BCUT2D eigenvalue weighted by Crippen LogP contribution is 2.35. The second-order valence-electron chi connectivity index (χ2n) is 7.56. The molecule has 0 aromatic heterocycles. The normalized spacial score (nSPS) is 20.2. The number of nitrogens with one attached hydrogen (secondary N) is 1. The fourth-order valence-electron chi connectivity index (χ4n) is 3.43. The molecule has 10 heteroatoms. The maximum absolute atomic E-state index is 13.1. The third kappa shape index (κ3) is 4.39. The van der Waals surface area contributed by atoms with Gasteiger partial charge >= 0.3 is 0 Å². The minimum atomic E-state index is -3.90. The molecule has 29 heavy (non-hydrogen) atoms. The van der Waals surface area contributed by atoms with Gasteiger partial charge in [-0.25, -0.2) is 8.42 Å². The first-order valence-electron chi connectivity index (χ1n) is 9.68. The number of fused-ring (bicyclic) bond motifs is 1. The van der Waals surface area contributed by atoms with Crippen molar-refractivity contribution >= 4 is 27.5 Å². The first-order chi connectivity index (χ1) is 13.6. The molecule has 1 N–H and O–H groups in total. The largest absolute Gasteiger partial charge is 0.478 e. The minimum absolute atomic E-state index is 0.0657. The molecule has 0 aliphatic carbocycles. The lowest BCUT2D eigenvalue weighted by Gasteiger charge is -2.33. The third-order valence-corrected chi connectivity index (χ3v) is 7.31. The molecule has 1 aromatic rings. The minimum Gasteiger partial charge on any atom is -0.478 e. The molecule has 2 amide bonds. The Morgan fingerprint density at radius 2 is 1.93 bits per heavy atom. The molecule has 160 valence electrons. The van der Waals surface area contributed by atoms with Gasteiger partial charge in [-0.2, -0.15) is 4.31 Å². The van der Waals surface area contributed by atoms with Gasteiger partial charge in [-0.3, -0.25) is 9.59 Å². The zero-order chi connectivity index (χ0) is 21.3. The number of rotatable bonds is 5. The number of benzene rings is 1. The number of nitrogens with zero attached hydrogens (tertiary/aromatic N) is 3. The number of piperazine rings is 1. The summed E-state index contributed by atoms with van der Waals surface area (Å²) in [7, 11) is -0.509. The molecule has 2 heterocycles. The summed E-state index contributed by atoms with van der Waals surface area (Å²) in [6.45, 7) is 5.97. The molecule has 0 bridgehead atoms. The Morgan fingerprint density at radius 3 is 2.55 bits per heavy atom. The Balaban J connectivity index is 1.80. The molecule has 1 atom stereocenters. The lowest BCUT2D eigenvalue weighted by molar-refractivity contribution is -0.132. The number of aryl methyl sites for hydroxylation is 1. The maximum Gasteiger partial charge on any atom is 0.265 e. The molecule has 1 saturated heterocycles. The summed E-state index contributed by atoms with van der Waals surface area (Å²) >= 11 is 0. The Hall–Kier alpha value is -2.17. The number of carbonyl (C=O) groups is 2. The van der Waals surface area contributed by atoms with Crippen LogP contribution in [0.3, 0.4) is 0 Å². The standard InChI is InChI=1S/C19H28N4O5S/c1-5-15-19(25)20-14-10-13(2)17(11-16(14)28-15)29(26,27)22(4)12-18(24)23-8-6-21(3)7-9-23/h10-11,15H,5-9,12H2,1-4H3,(H,20,25)/t15-/m1/s1. The van der Waals surface area contributed by atoms with Crippen LogP contribution >= 0.6 is 0 Å². The van der Waals surface area contributed by atoms with Crippen molar-refractivity contribution in [3.8, 4) is 5.75 Å². The summed E-state index contributed by atoms with van der Waals surface area (Å²) in [5.74, 6) is -0.140. The molecular formula is C19H28N4O5S. The van der Waals surface area contributed by atoms with Gasteiger partial charge in [0.05, 0.1) is 17.1 Å². The monoisotopic (exact) mass is 424 g/mol. The lowest BCUT2D eigenvalue weighted by atomic mass is 10.1. The van der Waals surface area contributed by atoms with Gasteiger partial charge in [-0.1, -0.05) is 6.92 Å². The average Bonchev–Trinajstić information content (AvgIpc) is 2.67. The number of likely N-dealkylation sites (N-methyl/N-ethyl adjacent to an activating group) is 2. The van der Waals surface area contributed by atoms with E-state index in [0.717, 1.165) is 17.4 Å². The number of ether oxygens (including phenoxy) is 1. The fourth-order valence-corrected chi connectivity index (χ4v) is 4.77. The number of anilines is 1. The zero-order valence-electron chi connectivity index (χ0n) is 17.3. The predicted octanol–water partition coefficient (Wildman–Crippen LogP) is 0.499. The van der Waals surface area contributed by atoms with Crippen molar-refractivity contribution in [1.29, 1.82) is 0 Å². The summed E-state index contributed by atoms with van der Waals surface area (Å²) in [5.41, 5.74) is 0.925. The third-order valence-electron chi connectivity index (χ3n) is 5.37. The molecule has 0 saturated carbocycles. The van der Waals surface area contributed by atoms with Crippen LogP contribution in [-0.2, 0) is 19.6 Å². The van der Waals surface area contributed by atoms with Crippen LogP contribution in [0.15, 0.2) is 17.0 Å². The molecule has 9 nitrogen and oxygen atoms in total. The second kappa shape index (κ2) is 8.29. The van der Waals surface area contributed by atoms with Gasteiger partial charge in [0.25, 0.3) is 5.91 Å². The molecule has 2 aliphatic rings. The maximum atomic E-state index is 13.1. The van der Waals surface area contributed by atoms with Crippen LogP contribution in [0.2, 0.25) is 0 Å². The summed E-state index contributed by atoms with van der Waals surface area (Å²) in [6, 6.07) is 3.01. The van der Waals surface area contributed by atoms with Gasteiger partial charge < -0.3 is 19.9 Å². The van der Waals surface area contributed by atoms with Crippen LogP contribution in [0.1, 0.15) is 18.9 Å².